The molecule has 3 aromatic rings. The van der Waals surface area contributed by atoms with Crippen LogP contribution in [0.3, 0.4) is 0 Å². The van der Waals surface area contributed by atoms with Gasteiger partial charge in [-0.15, -0.1) is 0 Å². The Morgan fingerprint density at radius 2 is 1.75 bits per heavy atom. The van der Waals surface area contributed by atoms with Crippen molar-refractivity contribution in [3.05, 3.63) is 82.6 Å². The van der Waals surface area contributed by atoms with E-state index >= 15 is 0 Å². The van der Waals surface area contributed by atoms with Crippen LogP contribution in [0.5, 0.6) is 0 Å². The fraction of sp³-hybridized carbons (Fsp3) is 0.136. The largest absolute Gasteiger partial charge is 0.384 e. The lowest BCUT2D eigenvalue weighted by atomic mass is 10.0. The Labute approximate surface area is 169 Å². The van der Waals surface area contributed by atoms with Crippen LogP contribution in [0, 0.1) is 6.92 Å². The summed E-state index contributed by atoms with van der Waals surface area (Å²) in [6.45, 7) is 5.79. The zero-order chi connectivity index (χ0) is 20.1. The molecule has 1 heterocycles. The molecule has 0 saturated heterocycles. The molecular formula is C22H24N4OS. The van der Waals surface area contributed by atoms with E-state index in [1.807, 2.05) is 24.4 Å². The van der Waals surface area contributed by atoms with Crippen molar-refractivity contribution in [2.24, 2.45) is 7.05 Å². The fourth-order valence-electron chi connectivity index (χ4n) is 2.90. The smallest absolute Gasteiger partial charge is 0.273 e. The predicted octanol–water partition coefficient (Wildman–Crippen LogP) is 5.35. The molecule has 3 N–H and O–H groups in total. The van der Waals surface area contributed by atoms with Gasteiger partial charge in [-0.1, -0.05) is 24.3 Å². The SMILES string of the molecule is C=CSNc1ccc(Nc2ccc(C)cc2)c(-c2cc(NC)c(=O)n(C)c2)c1. The van der Waals surface area contributed by atoms with Crippen LogP contribution in [0.25, 0.3) is 11.1 Å². The van der Waals surface area contributed by atoms with Crippen molar-refractivity contribution in [2.75, 3.05) is 22.4 Å². The summed E-state index contributed by atoms with van der Waals surface area (Å²) >= 11 is 1.42. The molecule has 0 spiro atoms. The minimum absolute atomic E-state index is 0.0595. The van der Waals surface area contributed by atoms with Crippen molar-refractivity contribution in [3.8, 4) is 11.1 Å². The number of aryl methyl sites for hydroxylation is 2. The van der Waals surface area contributed by atoms with Gasteiger partial charge in [-0.25, -0.2) is 0 Å². The fourth-order valence-corrected chi connectivity index (χ4v) is 3.24. The van der Waals surface area contributed by atoms with Gasteiger partial charge in [-0.3, -0.25) is 4.79 Å². The van der Waals surface area contributed by atoms with E-state index < -0.39 is 0 Å². The van der Waals surface area contributed by atoms with Gasteiger partial charge in [0.05, 0.1) is 0 Å². The van der Waals surface area contributed by atoms with Gasteiger partial charge < -0.3 is 19.9 Å². The van der Waals surface area contributed by atoms with Gasteiger partial charge in [0.1, 0.15) is 5.69 Å². The predicted molar refractivity (Wildman–Crippen MR) is 123 cm³/mol. The van der Waals surface area contributed by atoms with E-state index in [1.165, 1.54) is 17.5 Å². The maximum atomic E-state index is 12.3. The summed E-state index contributed by atoms with van der Waals surface area (Å²) < 4.78 is 4.84. The molecule has 2 aromatic carbocycles. The monoisotopic (exact) mass is 392 g/mol. The molecule has 6 heteroatoms. The molecule has 0 aliphatic rings. The number of rotatable bonds is 7. The quantitative estimate of drug-likeness (QED) is 0.473. The van der Waals surface area contributed by atoms with Gasteiger partial charge in [-0.2, -0.15) is 0 Å². The van der Waals surface area contributed by atoms with Gasteiger partial charge in [0.25, 0.3) is 5.56 Å². The van der Waals surface area contributed by atoms with Gasteiger partial charge in [0.2, 0.25) is 0 Å². The molecule has 5 nitrogen and oxygen atoms in total. The van der Waals surface area contributed by atoms with Crippen LogP contribution < -0.4 is 20.9 Å². The Balaban J connectivity index is 2.10. The lowest BCUT2D eigenvalue weighted by Crippen LogP contribution is -2.19. The van der Waals surface area contributed by atoms with Crippen molar-refractivity contribution in [3.63, 3.8) is 0 Å². The van der Waals surface area contributed by atoms with Crippen LogP contribution in [0.4, 0.5) is 22.7 Å². The molecule has 144 valence electrons. The van der Waals surface area contributed by atoms with Crippen LogP contribution in [-0.2, 0) is 7.05 Å². The van der Waals surface area contributed by atoms with Crippen LogP contribution in [-0.4, -0.2) is 11.6 Å². The third kappa shape index (κ3) is 4.40. The highest BCUT2D eigenvalue weighted by molar-refractivity contribution is 8.03. The third-order valence-corrected chi connectivity index (χ3v) is 4.89. The van der Waals surface area contributed by atoms with Gasteiger partial charge in [0, 0.05) is 48.5 Å². The maximum Gasteiger partial charge on any atom is 0.273 e. The first kappa shape index (κ1) is 19.6. The van der Waals surface area contributed by atoms with Gasteiger partial charge in [0.15, 0.2) is 0 Å². The summed E-state index contributed by atoms with van der Waals surface area (Å²) in [6.07, 6.45) is 1.85. The minimum Gasteiger partial charge on any atom is -0.384 e. The van der Waals surface area contributed by atoms with E-state index in [1.54, 1.807) is 24.1 Å². The molecule has 0 fully saturated rings. The molecule has 0 bridgehead atoms. The van der Waals surface area contributed by atoms with Crippen molar-refractivity contribution >= 4 is 34.7 Å². The topological polar surface area (TPSA) is 58.1 Å². The average Bonchev–Trinajstić information content (AvgIpc) is 2.70. The molecule has 0 saturated carbocycles. The highest BCUT2D eigenvalue weighted by Crippen LogP contribution is 2.34. The van der Waals surface area contributed by atoms with E-state index in [0.717, 1.165) is 28.2 Å². The second-order valence-corrected chi connectivity index (χ2v) is 7.22. The number of benzene rings is 2. The number of anilines is 4. The number of pyridine rings is 1. The Morgan fingerprint density at radius 1 is 1.04 bits per heavy atom. The highest BCUT2D eigenvalue weighted by atomic mass is 32.2. The summed E-state index contributed by atoms with van der Waals surface area (Å²) in [7, 11) is 3.51. The number of aromatic nitrogens is 1. The van der Waals surface area contributed by atoms with Crippen molar-refractivity contribution in [1.82, 2.24) is 4.57 Å². The van der Waals surface area contributed by atoms with Gasteiger partial charge in [-0.05, 0) is 60.7 Å². The lowest BCUT2D eigenvalue weighted by Gasteiger charge is -2.16. The highest BCUT2D eigenvalue weighted by Gasteiger charge is 2.11. The van der Waals surface area contributed by atoms with E-state index in [-0.39, 0.29) is 5.56 Å². The average molecular weight is 393 g/mol. The van der Waals surface area contributed by atoms with Crippen molar-refractivity contribution < 1.29 is 0 Å². The van der Waals surface area contributed by atoms with Crippen LogP contribution in [0.2, 0.25) is 0 Å². The summed E-state index contributed by atoms with van der Waals surface area (Å²) in [5.41, 5.74) is 6.55. The molecule has 0 atom stereocenters. The van der Waals surface area contributed by atoms with E-state index in [9.17, 15) is 4.79 Å². The summed E-state index contributed by atoms with van der Waals surface area (Å²) in [5, 5.41) is 8.21. The van der Waals surface area contributed by atoms with E-state index in [4.69, 9.17) is 0 Å². The second-order valence-electron chi connectivity index (χ2n) is 6.45. The number of nitrogens with one attached hydrogen (secondary N) is 3. The zero-order valence-electron chi connectivity index (χ0n) is 16.2. The number of hydrogen-bond acceptors (Lipinski definition) is 5. The molecule has 1 aromatic heterocycles. The second kappa shape index (κ2) is 8.71. The molecule has 3 rings (SSSR count). The zero-order valence-corrected chi connectivity index (χ0v) is 17.1. The molecule has 0 aliphatic heterocycles. The first-order valence-corrected chi connectivity index (χ1v) is 9.79. The number of nitrogens with zero attached hydrogens (tertiary/aromatic N) is 1. The molecule has 0 radical (unpaired) electrons. The summed E-state index contributed by atoms with van der Waals surface area (Å²) in [6, 6.07) is 16.2. The minimum atomic E-state index is -0.0595. The number of hydrogen-bond donors (Lipinski definition) is 3. The Kier molecular flexibility index (Phi) is 6.11. The summed E-state index contributed by atoms with van der Waals surface area (Å²) in [4.78, 5) is 12.3. The third-order valence-electron chi connectivity index (χ3n) is 4.37. The lowest BCUT2D eigenvalue weighted by molar-refractivity contribution is 0.864. The van der Waals surface area contributed by atoms with Crippen LogP contribution >= 0.6 is 11.9 Å². The summed E-state index contributed by atoms with van der Waals surface area (Å²) in [5.74, 6) is 0. The van der Waals surface area contributed by atoms with Crippen LogP contribution in [0.15, 0.2) is 71.5 Å². The first-order chi connectivity index (χ1) is 13.5. The van der Waals surface area contributed by atoms with Crippen molar-refractivity contribution in [1.29, 1.82) is 0 Å². The van der Waals surface area contributed by atoms with E-state index in [2.05, 4.69) is 59.2 Å². The Bertz CT molecular complexity index is 1040. The maximum absolute atomic E-state index is 12.3. The molecule has 0 aliphatic carbocycles. The first-order valence-electron chi connectivity index (χ1n) is 8.91. The van der Waals surface area contributed by atoms with Crippen molar-refractivity contribution in [2.45, 2.75) is 6.92 Å². The van der Waals surface area contributed by atoms with E-state index in [0.29, 0.717) is 5.69 Å². The van der Waals surface area contributed by atoms with Gasteiger partial charge >= 0.3 is 0 Å². The van der Waals surface area contributed by atoms with Crippen LogP contribution in [0.1, 0.15) is 5.56 Å². The Morgan fingerprint density at radius 3 is 2.43 bits per heavy atom. The molecular weight excluding hydrogens is 368 g/mol. The molecule has 0 unspecified atom stereocenters. The standard InChI is InChI=1S/C22H24N4OS/c1-5-28-25-18-10-11-20(24-17-8-6-15(2)7-9-17)19(13-18)16-12-21(23-3)22(27)26(4)14-16/h5-14,23-25H,1H2,2-4H3. The Hall–Kier alpha value is -3.12. The molecule has 0 amide bonds. The molecule has 28 heavy (non-hydrogen) atoms. The normalized spacial score (nSPS) is 10.4.